The molecule has 1 saturated carbocycles. The lowest BCUT2D eigenvalue weighted by Crippen LogP contribution is -2.55. The molecular formula is C25H25FO4S. The van der Waals surface area contributed by atoms with E-state index in [1.807, 2.05) is 25.1 Å². The van der Waals surface area contributed by atoms with Gasteiger partial charge in [0.25, 0.3) is 0 Å². The molecule has 4 atom stereocenters. The van der Waals surface area contributed by atoms with Crippen molar-refractivity contribution in [2.24, 2.45) is 0 Å². The molecule has 2 aliphatic rings. The molecule has 31 heavy (non-hydrogen) atoms. The molecule has 1 aliphatic carbocycles. The van der Waals surface area contributed by atoms with Crippen molar-refractivity contribution in [1.82, 2.24) is 0 Å². The fraction of sp³-hybridized carbons (Fsp3) is 0.360. The standard InChI is InChI=1S/C25H25FO4S/c1-14-2-3-16(23-21(27)22(28)24(29)25(30-23)10-11-25)12-17(14)13-19-8-9-20(31-19)15-4-6-18(26)7-5-15/h2-9,12,21-24,27-29H,10-11,13H2,1H3/t21-,22-,23+,24+/m1/s1. The first-order valence-electron chi connectivity index (χ1n) is 10.5. The van der Waals surface area contributed by atoms with E-state index in [0.717, 1.165) is 33.6 Å². The summed E-state index contributed by atoms with van der Waals surface area (Å²) in [4.78, 5) is 2.27. The number of aliphatic hydroxyl groups is 3. The molecule has 2 heterocycles. The normalized spacial score (nSPS) is 26.9. The lowest BCUT2D eigenvalue weighted by molar-refractivity contribution is -0.236. The highest BCUT2D eigenvalue weighted by atomic mass is 32.1. The molecule has 3 N–H and O–H groups in total. The van der Waals surface area contributed by atoms with Crippen LogP contribution in [0, 0.1) is 12.7 Å². The van der Waals surface area contributed by atoms with Gasteiger partial charge in [-0.25, -0.2) is 4.39 Å². The molecule has 2 fully saturated rings. The van der Waals surface area contributed by atoms with Gasteiger partial charge in [0, 0.05) is 16.2 Å². The fourth-order valence-electron chi connectivity index (χ4n) is 4.36. The van der Waals surface area contributed by atoms with E-state index in [0.29, 0.717) is 12.8 Å². The second-order valence-corrected chi connectivity index (χ2v) is 9.83. The zero-order valence-corrected chi connectivity index (χ0v) is 18.0. The first kappa shape index (κ1) is 20.8. The van der Waals surface area contributed by atoms with Gasteiger partial charge in [0.2, 0.25) is 0 Å². The van der Waals surface area contributed by atoms with Crippen LogP contribution < -0.4 is 0 Å². The molecule has 1 aliphatic heterocycles. The molecule has 0 unspecified atom stereocenters. The minimum atomic E-state index is -1.22. The Labute approximate surface area is 184 Å². The predicted molar refractivity (Wildman–Crippen MR) is 118 cm³/mol. The smallest absolute Gasteiger partial charge is 0.123 e. The Bertz CT molecular complexity index is 1090. The third-order valence-corrected chi connectivity index (χ3v) is 7.62. The fourth-order valence-corrected chi connectivity index (χ4v) is 5.40. The maximum absolute atomic E-state index is 13.2. The van der Waals surface area contributed by atoms with Crippen molar-refractivity contribution >= 4 is 11.3 Å². The number of rotatable bonds is 4. The van der Waals surface area contributed by atoms with E-state index < -0.39 is 30.0 Å². The first-order valence-corrected chi connectivity index (χ1v) is 11.3. The van der Waals surface area contributed by atoms with Crippen LogP contribution in [0.1, 0.15) is 40.5 Å². The highest BCUT2D eigenvalue weighted by Gasteiger charge is 2.60. The lowest BCUT2D eigenvalue weighted by Gasteiger charge is -2.41. The molecule has 0 bridgehead atoms. The van der Waals surface area contributed by atoms with Gasteiger partial charge in [0.1, 0.15) is 30.2 Å². The molecule has 4 nitrogen and oxygen atoms in total. The second-order valence-electron chi connectivity index (χ2n) is 8.66. The van der Waals surface area contributed by atoms with Gasteiger partial charge in [0.15, 0.2) is 0 Å². The summed E-state index contributed by atoms with van der Waals surface area (Å²) in [6.45, 7) is 2.05. The predicted octanol–water partition coefficient (Wildman–Crippen LogP) is 4.14. The average molecular weight is 441 g/mol. The minimum absolute atomic E-state index is 0.245. The Kier molecular flexibility index (Phi) is 5.23. The number of aryl methyl sites for hydroxylation is 1. The van der Waals surface area contributed by atoms with Crippen molar-refractivity contribution in [1.29, 1.82) is 0 Å². The topological polar surface area (TPSA) is 69.9 Å². The van der Waals surface area contributed by atoms with Crippen molar-refractivity contribution in [2.45, 2.75) is 56.2 Å². The number of aliphatic hydroxyl groups excluding tert-OH is 3. The van der Waals surface area contributed by atoms with Crippen molar-refractivity contribution in [2.75, 3.05) is 0 Å². The molecule has 3 aromatic rings. The maximum atomic E-state index is 13.2. The number of thiophene rings is 1. The Balaban J connectivity index is 1.39. The molecule has 1 saturated heterocycles. The van der Waals surface area contributed by atoms with Gasteiger partial charge in [-0.15, -0.1) is 11.3 Å². The summed E-state index contributed by atoms with van der Waals surface area (Å²) in [5.41, 5.74) is 3.31. The zero-order valence-electron chi connectivity index (χ0n) is 17.2. The quantitative estimate of drug-likeness (QED) is 0.570. The molecule has 0 amide bonds. The van der Waals surface area contributed by atoms with Crippen LogP contribution in [0.4, 0.5) is 4.39 Å². The summed E-state index contributed by atoms with van der Waals surface area (Å²) in [7, 11) is 0. The Hall–Kier alpha value is -2.09. The van der Waals surface area contributed by atoms with Crippen LogP contribution in [0.3, 0.4) is 0 Å². The van der Waals surface area contributed by atoms with Crippen molar-refractivity contribution in [3.05, 3.63) is 82.0 Å². The molecule has 0 radical (unpaired) electrons. The highest BCUT2D eigenvalue weighted by molar-refractivity contribution is 7.15. The van der Waals surface area contributed by atoms with E-state index in [2.05, 4.69) is 12.1 Å². The number of halogens is 1. The van der Waals surface area contributed by atoms with Gasteiger partial charge in [-0.2, -0.15) is 0 Å². The number of benzene rings is 2. The zero-order chi connectivity index (χ0) is 21.8. The largest absolute Gasteiger partial charge is 0.387 e. The number of hydrogen-bond acceptors (Lipinski definition) is 5. The van der Waals surface area contributed by atoms with Crippen LogP contribution >= 0.6 is 11.3 Å². The van der Waals surface area contributed by atoms with E-state index in [4.69, 9.17) is 4.74 Å². The molecule has 1 aromatic heterocycles. The monoisotopic (exact) mass is 440 g/mol. The Morgan fingerprint density at radius 1 is 1.00 bits per heavy atom. The third kappa shape index (κ3) is 3.83. The summed E-state index contributed by atoms with van der Waals surface area (Å²) in [6, 6.07) is 16.6. The van der Waals surface area contributed by atoms with Gasteiger partial charge in [-0.05, 0) is 66.3 Å². The van der Waals surface area contributed by atoms with Crippen molar-refractivity contribution < 1.29 is 24.4 Å². The minimum Gasteiger partial charge on any atom is -0.387 e. The van der Waals surface area contributed by atoms with Crippen LogP contribution in [0.5, 0.6) is 0 Å². The van der Waals surface area contributed by atoms with E-state index in [1.54, 1.807) is 23.5 Å². The van der Waals surface area contributed by atoms with E-state index in [9.17, 15) is 19.7 Å². The van der Waals surface area contributed by atoms with Gasteiger partial charge in [-0.3, -0.25) is 0 Å². The van der Waals surface area contributed by atoms with E-state index >= 15 is 0 Å². The van der Waals surface area contributed by atoms with Gasteiger partial charge >= 0.3 is 0 Å². The van der Waals surface area contributed by atoms with Crippen LogP contribution in [-0.4, -0.2) is 39.2 Å². The molecule has 2 aromatic carbocycles. The maximum Gasteiger partial charge on any atom is 0.123 e. The summed E-state index contributed by atoms with van der Waals surface area (Å²) in [6.07, 6.45) is -2.02. The van der Waals surface area contributed by atoms with Crippen molar-refractivity contribution in [3.63, 3.8) is 0 Å². The molecule has 5 rings (SSSR count). The SMILES string of the molecule is Cc1ccc([C@@H]2OC3(CC3)[C@@H](O)[C@H](O)[C@H]2O)cc1Cc1ccc(-c2ccc(F)cc2)s1. The van der Waals surface area contributed by atoms with Crippen LogP contribution in [-0.2, 0) is 11.2 Å². The molecular weight excluding hydrogens is 415 g/mol. The van der Waals surface area contributed by atoms with Crippen LogP contribution in [0.2, 0.25) is 0 Å². The summed E-state index contributed by atoms with van der Waals surface area (Å²) in [5, 5.41) is 31.2. The highest BCUT2D eigenvalue weighted by Crippen LogP contribution is 2.51. The lowest BCUT2D eigenvalue weighted by atomic mass is 9.88. The number of hydrogen-bond donors (Lipinski definition) is 3. The van der Waals surface area contributed by atoms with Gasteiger partial charge in [-0.1, -0.05) is 30.3 Å². The summed E-state index contributed by atoms with van der Waals surface area (Å²) in [5.74, 6) is -0.245. The Morgan fingerprint density at radius 3 is 2.45 bits per heavy atom. The van der Waals surface area contributed by atoms with Crippen LogP contribution in [0.15, 0.2) is 54.6 Å². The summed E-state index contributed by atoms with van der Waals surface area (Å²) >= 11 is 1.67. The molecule has 1 spiro atoms. The molecule has 6 heteroatoms. The number of ether oxygens (including phenoxy) is 1. The van der Waals surface area contributed by atoms with E-state index in [-0.39, 0.29) is 5.82 Å². The van der Waals surface area contributed by atoms with E-state index in [1.165, 1.54) is 17.0 Å². The van der Waals surface area contributed by atoms with Gasteiger partial charge < -0.3 is 20.1 Å². The van der Waals surface area contributed by atoms with Gasteiger partial charge in [0.05, 0.1) is 5.60 Å². The average Bonchev–Trinajstić information content (AvgIpc) is 3.40. The second kappa shape index (κ2) is 7.80. The summed E-state index contributed by atoms with van der Waals surface area (Å²) < 4.78 is 19.3. The first-order chi connectivity index (χ1) is 14.9. The van der Waals surface area contributed by atoms with Crippen LogP contribution in [0.25, 0.3) is 10.4 Å². The van der Waals surface area contributed by atoms with Crippen molar-refractivity contribution in [3.8, 4) is 10.4 Å². The molecule has 162 valence electrons. The third-order valence-electron chi connectivity index (χ3n) is 6.48. The Morgan fingerprint density at radius 2 is 1.74 bits per heavy atom.